The first kappa shape index (κ1) is 15.2. The van der Waals surface area contributed by atoms with Gasteiger partial charge in [-0.25, -0.2) is 0 Å². The lowest BCUT2D eigenvalue weighted by Gasteiger charge is -2.02. The van der Waals surface area contributed by atoms with Gasteiger partial charge >= 0.3 is 0 Å². The summed E-state index contributed by atoms with van der Waals surface area (Å²) >= 11 is 3.47. The number of hydrogen-bond donors (Lipinski definition) is 0. The average Bonchev–Trinajstić information content (AvgIpc) is 2.94. The summed E-state index contributed by atoms with van der Waals surface area (Å²) < 4.78 is 3.49. The van der Waals surface area contributed by atoms with Crippen molar-refractivity contribution in [2.45, 2.75) is 13.5 Å². The molecule has 118 valence electrons. The third-order valence-corrected chi connectivity index (χ3v) is 4.98. The Hall–Kier alpha value is -2.32. The van der Waals surface area contributed by atoms with Crippen molar-refractivity contribution in [2.24, 2.45) is 0 Å². The SMILES string of the molecule is CCn1c2ccccc2c2cc(/C=C/c3ccc(Br)cc3)ccc21. The van der Waals surface area contributed by atoms with Crippen molar-refractivity contribution in [3.63, 3.8) is 0 Å². The molecule has 0 aliphatic heterocycles. The molecule has 4 aromatic rings. The third-order valence-electron chi connectivity index (χ3n) is 4.45. The lowest BCUT2D eigenvalue weighted by molar-refractivity contribution is 0.827. The fraction of sp³-hybridized carbons (Fsp3) is 0.0909. The van der Waals surface area contributed by atoms with Gasteiger partial charge in [0.05, 0.1) is 0 Å². The van der Waals surface area contributed by atoms with E-state index in [1.807, 2.05) is 0 Å². The molecular formula is C22H18BrN. The van der Waals surface area contributed by atoms with E-state index in [2.05, 4.69) is 106 Å². The molecule has 0 radical (unpaired) electrons. The maximum Gasteiger partial charge on any atom is 0.0491 e. The third kappa shape index (κ3) is 2.67. The molecule has 0 saturated carbocycles. The summed E-state index contributed by atoms with van der Waals surface area (Å²) in [5, 5.41) is 2.65. The van der Waals surface area contributed by atoms with Gasteiger partial charge in [0.1, 0.15) is 0 Å². The minimum Gasteiger partial charge on any atom is -0.341 e. The number of para-hydroxylation sites is 1. The molecule has 4 rings (SSSR count). The fourth-order valence-electron chi connectivity index (χ4n) is 3.28. The molecule has 0 aliphatic carbocycles. The molecule has 1 aromatic heterocycles. The van der Waals surface area contributed by atoms with Crippen LogP contribution in [0, 0.1) is 0 Å². The molecular weight excluding hydrogens is 358 g/mol. The van der Waals surface area contributed by atoms with Crippen molar-refractivity contribution in [2.75, 3.05) is 0 Å². The largest absolute Gasteiger partial charge is 0.341 e. The lowest BCUT2D eigenvalue weighted by atomic mass is 10.1. The topological polar surface area (TPSA) is 4.93 Å². The second-order valence-electron chi connectivity index (χ2n) is 5.92. The maximum atomic E-state index is 3.47. The smallest absolute Gasteiger partial charge is 0.0491 e. The molecule has 0 amide bonds. The first-order valence-electron chi connectivity index (χ1n) is 8.21. The van der Waals surface area contributed by atoms with Crippen molar-refractivity contribution in [3.8, 4) is 0 Å². The van der Waals surface area contributed by atoms with Crippen LogP contribution in [0.15, 0.2) is 71.2 Å². The quantitative estimate of drug-likeness (QED) is 0.349. The van der Waals surface area contributed by atoms with Gasteiger partial charge in [-0.15, -0.1) is 0 Å². The Balaban J connectivity index is 1.80. The first-order valence-corrected chi connectivity index (χ1v) is 9.00. The van der Waals surface area contributed by atoms with E-state index < -0.39 is 0 Å². The summed E-state index contributed by atoms with van der Waals surface area (Å²) in [6.07, 6.45) is 4.34. The van der Waals surface area contributed by atoms with Crippen LogP contribution in [0.4, 0.5) is 0 Å². The van der Waals surface area contributed by atoms with Gasteiger partial charge in [-0.2, -0.15) is 0 Å². The normalized spacial score (nSPS) is 11.8. The summed E-state index contributed by atoms with van der Waals surface area (Å²) in [7, 11) is 0. The van der Waals surface area contributed by atoms with Gasteiger partial charge in [-0.1, -0.05) is 64.5 Å². The van der Waals surface area contributed by atoms with Crippen LogP contribution in [-0.2, 0) is 6.54 Å². The Kier molecular flexibility index (Phi) is 3.99. The Bertz CT molecular complexity index is 1040. The number of aromatic nitrogens is 1. The minimum atomic E-state index is 0.984. The van der Waals surface area contributed by atoms with Crippen LogP contribution >= 0.6 is 15.9 Å². The van der Waals surface area contributed by atoms with Gasteiger partial charge in [0.2, 0.25) is 0 Å². The van der Waals surface area contributed by atoms with Crippen LogP contribution in [0.3, 0.4) is 0 Å². The van der Waals surface area contributed by atoms with Crippen molar-refractivity contribution < 1.29 is 0 Å². The number of fused-ring (bicyclic) bond motifs is 3. The van der Waals surface area contributed by atoms with Gasteiger partial charge in [-0.3, -0.25) is 0 Å². The minimum absolute atomic E-state index is 0.984. The summed E-state index contributed by atoms with van der Waals surface area (Å²) in [5.41, 5.74) is 5.04. The zero-order valence-electron chi connectivity index (χ0n) is 13.5. The number of halogens is 1. The van der Waals surface area contributed by atoms with Crippen LogP contribution in [0.2, 0.25) is 0 Å². The number of rotatable bonds is 3. The van der Waals surface area contributed by atoms with E-state index in [4.69, 9.17) is 0 Å². The van der Waals surface area contributed by atoms with E-state index in [0.717, 1.165) is 11.0 Å². The molecule has 0 spiro atoms. The van der Waals surface area contributed by atoms with E-state index in [0.29, 0.717) is 0 Å². The van der Waals surface area contributed by atoms with Crippen LogP contribution in [0.25, 0.3) is 34.0 Å². The van der Waals surface area contributed by atoms with Gasteiger partial charge in [0, 0.05) is 32.8 Å². The van der Waals surface area contributed by atoms with Crippen LogP contribution < -0.4 is 0 Å². The molecule has 0 bridgehead atoms. The summed E-state index contributed by atoms with van der Waals surface area (Å²) in [6, 6.07) is 23.7. The van der Waals surface area contributed by atoms with E-state index >= 15 is 0 Å². The Morgan fingerprint density at radius 2 is 1.46 bits per heavy atom. The van der Waals surface area contributed by atoms with E-state index in [-0.39, 0.29) is 0 Å². The monoisotopic (exact) mass is 375 g/mol. The zero-order valence-corrected chi connectivity index (χ0v) is 15.1. The molecule has 1 heterocycles. The molecule has 0 saturated heterocycles. The molecule has 2 heteroatoms. The molecule has 1 nitrogen and oxygen atoms in total. The molecule has 0 fully saturated rings. The Morgan fingerprint density at radius 3 is 2.25 bits per heavy atom. The summed E-state index contributed by atoms with van der Waals surface area (Å²) in [6.45, 7) is 3.19. The number of aryl methyl sites for hydroxylation is 1. The second kappa shape index (κ2) is 6.29. The van der Waals surface area contributed by atoms with E-state index in [1.165, 1.54) is 32.9 Å². The van der Waals surface area contributed by atoms with E-state index in [1.54, 1.807) is 0 Å². The van der Waals surface area contributed by atoms with Crippen LogP contribution in [0.1, 0.15) is 18.1 Å². The highest BCUT2D eigenvalue weighted by Crippen LogP contribution is 2.30. The average molecular weight is 376 g/mol. The number of benzene rings is 3. The predicted molar refractivity (Wildman–Crippen MR) is 108 cm³/mol. The van der Waals surface area contributed by atoms with Gasteiger partial charge < -0.3 is 4.57 Å². The Labute approximate surface area is 150 Å². The molecule has 0 N–H and O–H groups in total. The van der Waals surface area contributed by atoms with Crippen molar-refractivity contribution in [1.29, 1.82) is 0 Å². The molecule has 0 aliphatic rings. The molecule has 0 atom stereocenters. The Morgan fingerprint density at radius 1 is 0.792 bits per heavy atom. The maximum absolute atomic E-state index is 3.47. The standard InChI is InChI=1S/C22H18BrN/c1-2-24-21-6-4-3-5-19(21)20-15-17(11-14-22(20)24)8-7-16-9-12-18(23)13-10-16/h3-15H,2H2,1H3/b8-7+. The number of hydrogen-bond acceptors (Lipinski definition) is 0. The van der Waals surface area contributed by atoms with Crippen LogP contribution in [-0.4, -0.2) is 4.57 Å². The van der Waals surface area contributed by atoms with Crippen molar-refractivity contribution >= 4 is 49.9 Å². The predicted octanol–water partition coefficient (Wildman–Crippen LogP) is 6.75. The van der Waals surface area contributed by atoms with Gasteiger partial charge in [-0.05, 0) is 48.4 Å². The fourth-order valence-corrected chi connectivity index (χ4v) is 3.55. The lowest BCUT2D eigenvalue weighted by Crippen LogP contribution is -1.92. The van der Waals surface area contributed by atoms with Crippen LogP contribution in [0.5, 0.6) is 0 Å². The summed E-state index contributed by atoms with van der Waals surface area (Å²) in [5.74, 6) is 0. The second-order valence-corrected chi connectivity index (χ2v) is 6.84. The number of nitrogens with zero attached hydrogens (tertiary/aromatic N) is 1. The van der Waals surface area contributed by atoms with Crippen molar-refractivity contribution in [3.05, 3.63) is 82.3 Å². The highest BCUT2D eigenvalue weighted by atomic mass is 79.9. The molecule has 0 unspecified atom stereocenters. The molecule has 24 heavy (non-hydrogen) atoms. The molecule has 3 aromatic carbocycles. The first-order chi connectivity index (χ1) is 11.8. The van der Waals surface area contributed by atoms with E-state index in [9.17, 15) is 0 Å². The van der Waals surface area contributed by atoms with Gasteiger partial charge in [0.15, 0.2) is 0 Å². The summed E-state index contributed by atoms with van der Waals surface area (Å²) in [4.78, 5) is 0. The zero-order chi connectivity index (χ0) is 16.5. The van der Waals surface area contributed by atoms with Gasteiger partial charge in [0.25, 0.3) is 0 Å². The highest BCUT2D eigenvalue weighted by molar-refractivity contribution is 9.10. The van der Waals surface area contributed by atoms with Crippen molar-refractivity contribution in [1.82, 2.24) is 4.57 Å². The highest BCUT2D eigenvalue weighted by Gasteiger charge is 2.08.